The Morgan fingerprint density at radius 1 is 0.871 bits per heavy atom. The highest BCUT2D eigenvalue weighted by molar-refractivity contribution is 7.92. The van der Waals surface area contributed by atoms with Gasteiger partial charge in [-0.25, -0.2) is 13.4 Å². The van der Waals surface area contributed by atoms with Crippen LogP contribution in [0.15, 0.2) is 77.7 Å². The summed E-state index contributed by atoms with van der Waals surface area (Å²) in [6, 6.07) is 22.7. The molecule has 3 aromatic carbocycles. The molecule has 0 fully saturated rings. The van der Waals surface area contributed by atoms with Crippen LogP contribution in [0.3, 0.4) is 0 Å². The molecule has 0 radical (unpaired) electrons. The lowest BCUT2D eigenvalue weighted by molar-refractivity contribution is 0.601. The van der Waals surface area contributed by atoms with Crippen LogP contribution < -0.4 is 4.72 Å². The number of para-hydroxylation sites is 3. The fraction of sp³-hybridized carbons (Fsp3) is 0.240. The van der Waals surface area contributed by atoms with E-state index in [-0.39, 0.29) is 4.90 Å². The Morgan fingerprint density at radius 2 is 1.58 bits per heavy atom. The summed E-state index contributed by atoms with van der Waals surface area (Å²) in [5, 5.41) is 0. The van der Waals surface area contributed by atoms with Crippen molar-refractivity contribution in [1.29, 1.82) is 0 Å². The molecule has 0 saturated heterocycles. The minimum atomic E-state index is -3.65. The summed E-state index contributed by atoms with van der Waals surface area (Å²) < 4.78 is 30.8. The zero-order valence-electron chi connectivity index (χ0n) is 17.9. The van der Waals surface area contributed by atoms with Gasteiger partial charge < -0.3 is 4.57 Å². The minimum Gasteiger partial charge on any atom is -0.328 e. The van der Waals surface area contributed by atoms with Gasteiger partial charge in [0.15, 0.2) is 0 Å². The molecule has 4 aromatic rings. The van der Waals surface area contributed by atoms with Crippen molar-refractivity contribution in [2.45, 2.75) is 44.6 Å². The summed E-state index contributed by atoms with van der Waals surface area (Å²) in [5.41, 5.74) is 4.79. The first-order valence-corrected chi connectivity index (χ1v) is 12.1. The van der Waals surface area contributed by atoms with Gasteiger partial charge in [-0.15, -0.1) is 0 Å². The van der Waals surface area contributed by atoms with Gasteiger partial charge in [0.25, 0.3) is 10.0 Å². The number of nitrogens with one attached hydrogen (secondary N) is 1. The van der Waals surface area contributed by atoms with Gasteiger partial charge in [-0.1, -0.05) is 49.4 Å². The van der Waals surface area contributed by atoms with E-state index in [4.69, 9.17) is 4.98 Å². The molecule has 0 aliphatic rings. The number of aryl methyl sites for hydroxylation is 4. The van der Waals surface area contributed by atoms with Crippen molar-refractivity contribution in [2.75, 3.05) is 4.72 Å². The van der Waals surface area contributed by atoms with E-state index in [0.29, 0.717) is 12.1 Å². The van der Waals surface area contributed by atoms with Crippen LogP contribution in [0.25, 0.3) is 11.0 Å². The van der Waals surface area contributed by atoms with Gasteiger partial charge in [-0.2, -0.15) is 0 Å². The molecule has 6 heteroatoms. The average Bonchev–Trinajstić information content (AvgIpc) is 3.15. The zero-order valence-corrected chi connectivity index (χ0v) is 18.7. The monoisotopic (exact) mass is 433 g/mol. The Labute approximate surface area is 183 Å². The minimum absolute atomic E-state index is 0.271. The second-order valence-corrected chi connectivity index (χ2v) is 9.20. The first-order chi connectivity index (χ1) is 15.0. The van der Waals surface area contributed by atoms with Crippen molar-refractivity contribution in [1.82, 2.24) is 9.55 Å². The third-order valence-electron chi connectivity index (χ3n) is 5.57. The van der Waals surface area contributed by atoms with Crippen LogP contribution in [0, 0.1) is 0 Å². The first kappa shape index (κ1) is 21.1. The molecule has 31 heavy (non-hydrogen) atoms. The number of fused-ring (bicyclic) bond motifs is 1. The number of benzene rings is 3. The van der Waals surface area contributed by atoms with Crippen LogP contribution in [0.5, 0.6) is 0 Å². The fourth-order valence-corrected chi connectivity index (χ4v) is 4.96. The van der Waals surface area contributed by atoms with Gasteiger partial charge in [-0.05, 0) is 61.2 Å². The normalized spacial score (nSPS) is 11.7. The Morgan fingerprint density at radius 3 is 2.32 bits per heavy atom. The van der Waals surface area contributed by atoms with Gasteiger partial charge in [-0.3, -0.25) is 4.72 Å². The van der Waals surface area contributed by atoms with Gasteiger partial charge >= 0.3 is 0 Å². The predicted octanol–water partition coefficient (Wildman–Crippen LogP) is 5.20. The lowest BCUT2D eigenvalue weighted by Crippen LogP contribution is -2.14. The summed E-state index contributed by atoms with van der Waals surface area (Å²) in [5.74, 6) is 1.01. The molecule has 0 aliphatic heterocycles. The summed E-state index contributed by atoms with van der Waals surface area (Å²) in [4.78, 5) is 5.06. The number of imidazole rings is 1. The van der Waals surface area contributed by atoms with E-state index in [1.54, 1.807) is 12.1 Å². The van der Waals surface area contributed by atoms with Crippen LogP contribution in [-0.4, -0.2) is 18.0 Å². The highest BCUT2D eigenvalue weighted by Crippen LogP contribution is 2.23. The number of hydrogen-bond acceptors (Lipinski definition) is 3. The van der Waals surface area contributed by atoms with Gasteiger partial charge in [0, 0.05) is 13.0 Å². The van der Waals surface area contributed by atoms with Crippen LogP contribution in [0.2, 0.25) is 0 Å². The van der Waals surface area contributed by atoms with Gasteiger partial charge in [0.05, 0.1) is 21.6 Å². The molecule has 1 heterocycles. The average molecular weight is 434 g/mol. The van der Waals surface area contributed by atoms with Gasteiger partial charge in [0.2, 0.25) is 0 Å². The van der Waals surface area contributed by atoms with Crippen LogP contribution >= 0.6 is 0 Å². The summed E-state index contributed by atoms with van der Waals surface area (Å²) in [6.45, 7) is 5.01. The van der Waals surface area contributed by atoms with E-state index in [9.17, 15) is 8.42 Å². The molecule has 0 bridgehead atoms. The van der Waals surface area contributed by atoms with Crippen molar-refractivity contribution in [3.8, 4) is 0 Å². The summed E-state index contributed by atoms with van der Waals surface area (Å²) in [6.07, 6.45) is 2.29. The van der Waals surface area contributed by atoms with Crippen LogP contribution in [0.1, 0.15) is 30.8 Å². The molecule has 160 valence electrons. The third-order valence-corrected chi connectivity index (χ3v) is 6.95. The van der Waals surface area contributed by atoms with Crippen molar-refractivity contribution in [3.05, 3.63) is 89.7 Å². The second-order valence-electron chi connectivity index (χ2n) is 7.52. The Kier molecular flexibility index (Phi) is 6.09. The van der Waals surface area contributed by atoms with Crippen LogP contribution in [-0.2, 0) is 35.8 Å². The smallest absolute Gasteiger partial charge is 0.261 e. The Bertz CT molecular complexity index is 1290. The highest BCUT2D eigenvalue weighted by atomic mass is 32.2. The van der Waals surface area contributed by atoms with Crippen molar-refractivity contribution in [3.63, 3.8) is 0 Å². The molecule has 0 spiro atoms. The molecule has 0 aliphatic carbocycles. The molecule has 0 unspecified atom stereocenters. The molecular weight excluding hydrogens is 406 g/mol. The van der Waals surface area contributed by atoms with Crippen molar-refractivity contribution < 1.29 is 8.42 Å². The van der Waals surface area contributed by atoms with E-state index in [1.165, 1.54) is 0 Å². The Hall–Kier alpha value is -3.12. The molecule has 0 atom stereocenters. The maximum absolute atomic E-state index is 12.9. The lowest BCUT2D eigenvalue weighted by Gasteiger charge is -2.13. The maximum Gasteiger partial charge on any atom is 0.261 e. The van der Waals surface area contributed by atoms with E-state index >= 15 is 0 Å². The molecule has 5 nitrogen and oxygen atoms in total. The number of hydrogen-bond donors (Lipinski definition) is 1. The Balaban J connectivity index is 1.56. The summed E-state index contributed by atoms with van der Waals surface area (Å²) >= 11 is 0. The summed E-state index contributed by atoms with van der Waals surface area (Å²) in [7, 11) is -3.65. The number of sulfonamides is 1. The predicted molar refractivity (Wildman–Crippen MR) is 126 cm³/mol. The third kappa shape index (κ3) is 4.49. The highest BCUT2D eigenvalue weighted by Gasteiger charge is 2.16. The van der Waals surface area contributed by atoms with Gasteiger partial charge in [0.1, 0.15) is 5.82 Å². The number of aromatic nitrogens is 2. The SMILES string of the molecule is CCc1ccc(S(=O)(=O)Nc2ccccc2CCc2nc3ccccc3n2CC)cc1. The van der Waals surface area contributed by atoms with Crippen molar-refractivity contribution >= 4 is 26.7 Å². The molecule has 0 amide bonds. The van der Waals surface area contributed by atoms with E-state index < -0.39 is 10.0 Å². The maximum atomic E-state index is 12.9. The molecule has 1 N–H and O–H groups in total. The largest absolute Gasteiger partial charge is 0.328 e. The standard InChI is InChI=1S/C25H27N3O2S/c1-3-19-13-16-21(17-14-19)31(29,30)27-22-10-6-5-9-20(22)15-18-25-26-23-11-7-8-12-24(23)28(25)4-2/h5-14,16-17,27H,3-4,15,18H2,1-2H3. The number of nitrogens with zero attached hydrogens (tertiary/aromatic N) is 2. The zero-order chi connectivity index (χ0) is 21.8. The quantitative estimate of drug-likeness (QED) is 0.415. The molecule has 4 rings (SSSR count). The van der Waals surface area contributed by atoms with E-state index in [1.807, 2.05) is 61.5 Å². The second kappa shape index (κ2) is 8.94. The van der Waals surface area contributed by atoms with E-state index in [2.05, 4.69) is 22.3 Å². The number of rotatable bonds is 8. The van der Waals surface area contributed by atoms with Crippen molar-refractivity contribution in [2.24, 2.45) is 0 Å². The van der Waals surface area contributed by atoms with E-state index in [0.717, 1.165) is 47.4 Å². The molecular formula is C25H27N3O2S. The molecule has 1 aromatic heterocycles. The first-order valence-electron chi connectivity index (χ1n) is 10.7. The molecule has 0 saturated carbocycles. The number of anilines is 1. The fourth-order valence-electron chi connectivity index (χ4n) is 3.86. The topological polar surface area (TPSA) is 64.0 Å². The van der Waals surface area contributed by atoms with Crippen LogP contribution in [0.4, 0.5) is 5.69 Å². The lowest BCUT2D eigenvalue weighted by atomic mass is 10.1.